The third-order valence-electron chi connectivity index (χ3n) is 2.36. The molecule has 0 amide bonds. The maximum Gasteiger partial charge on any atom is 0.303 e. The van der Waals surface area contributed by atoms with Gasteiger partial charge in [0.15, 0.2) is 0 Å². The van der Waals surface area contributed by atoms with E-state index in [1.807, 2.05) is 6.26 Å². The molecule has 102 valence electrons. The number of carboxylic acid groups (broad SMARTS) is 1. The minimum Gasteiger partial charge on any atom is -0.481 e. The first-order valence-electron chi connectivity index (χ1n) is 5.57. The highest BCUT2D eigenvalue weighted by atomic mass is 35.5. The van der Waals surface area contributed by atoms with Crippen molar-refractivity contribution in [3.05, 3.63) is 0 Å². The lowest BCUT2D eigenvalue weighted by Crippen LogP contribution is -2.30. The van der Waals surface area contributed by atoms with Gasteiger partial charge >= 0.3 is 5.97 Å². The molecule has 0 spiro atoms. The van der Waals surface area contributed by atoms with E-state index in [1.54, 1.807) is 11.8 Å². The average molecular weight is 284 g/mol. The standard InChI is InChI=1S/C11H21NO3S.ClH/c1-16-8-7-9(12)10(13)5-3-2-4-6-11(14)15;/h9H,2-8,12H2,1H3,(H,14,15);1H. The zero-order valence-corrected chi connectivity index (χ0v) is 11.8. The lowest BCUT2D eigenvalue weighted by molar-refractivity contribution is -0.137. The Labute approximate surface area is 113 Å². The molecule has 1 atom stereocenters. The Bertz CT molecular complexity index is 227. The Hall–Kier alpha value is -0.260. The molecule has 0 aliphatic carbocycles. The molecule has 0 aromatic rings. The summed E-state index contributed by atoms with van der Waals surface area (Å²) in [5, 5.41) is 8.42. The number of nitrogens with two attached hydrogens (primary N) is 1. The average Bonchev–Trinajstić information content (AvgIpc) is 2.24. The van der Waals surface area contributed by atoms with Crippen LogP contribution in [0.4, 0.5) is 0 Å². The number of Topliss-reactive ketones (excluding diaryl/α,β-unsaturated/α-hetero) is 1. The highest BCUT2D eigenvalue weighted by Gasteiger charge is 2.12. The highest BCUT2D eigenvalue weighted by Crippen LogP contribution is 2.07. The molecule has 0 aliphatic rings. The summed E-state index contributed by atoms with van der Waals surface area (Å²) in [6.45, 7) is 0. The second-order valence-corrected chi connectivity index (χ2v) is 4.79. The number of carboxylic acids is 1. The second-order valence-electron chi connectivity index (χ2n) is 3.81. The van der Waals surface area contributed by atoms with E-state index in [-0.39, 0.29) is 30.7 Å². The van der Waals surface area contributed by atoms with Gasteiger partial charge in [0.25, 0.3) is 0 Å². The smallest absolute Gasteiger partial charge is 0.303 e. The number of rotatable bonds is 10. The first-order chi connectivity index (χ1) is 7.57. The number of aliphatic carboxylic acids is 1. The normalized spacial score (nSPS) is 11.6. The van der Waals surface area contributed by atoms with E-state index in [4.69, 9.17) is 10.8 Å². The van der Waals surface area contributed by atoms with Crippen LogP contribution in [0.25, 0.3) is 0 Å². The number of unbranched alkanes of at least 4 members (excludes halogenated alkanes) is 2. The molecule has 0 aromatic heterocycles. The van der Waals surface area contributed by atoms with Crippen molar-refractivity contribution in [2.75, 3.05) is 12.0 Å². The SMILES string of the molecule is CSCCC(N)C(=O)CCCCCC(=O)O.Cl. The third-order valence-corrected chi connectivity index (χ3v) is 3.00. The predicted molar refractivity (Wildman–Crippen MR) is 74.0 cm³/mol. The molecule has 3 N–H and O–H groups in total. The van der Waals surface area contributed by atoms with E-state index in [0.29, 0.717) is 12.8 Å². The van der Waals surface area contributed by atoms with Crippen LogP contribution in [-0.2, 0) is 9.59 Å². The molecule has 4 nitrogen and oxygen atoms in total. The molecule has 0 fully saturated rings. The maximum atomic E-state index is 11.5. The van der Waals surface area contributed by atoms with Gasteiger partial charge < -0.3 is 10.8 Å². The van der Waals surface area contributed by atoms with Crippen molar-refractivity contribution in [1.29, 1.82) is 0 Å². The lowest BCUT2D eigenvalue weighted by Gasteiger charge is -2.09. The zero-order valence-electron chi connectivity index (χ0n) is 10.2. The summed E-state index contributed by atoms with van der Waals surface area (Å²) in [6.07, 6.45) is 5.56. The minimum absolute atomic E-state index is 0. The van der Waals surface area contributed by atoms with Gasteiger partial charge in [-0.2, -0.15) is 11.8 Å². The molecule has 0 heterocycles. The monoisotopic (exact) mass is 283 g/mol. The number of thioether (sulfide) groups is 1. The molecule has 0 saturated heterocycles. The van der Waals surface area contributed by atoms with Crippen molar-refractivity contribution in [2.24, 2.45) is 5.73 Å². The Morgan fingerprint density at radius 2 is 1.82 bits per heavy atom. The summed E-state index contributed by atoms with van der Waals surface area (Å²) in [7, 11) is 0. The van der Waals surface area contributed by atoms with Crippen LogP contribution in [0.2, 0.25) is 0 Å². The first kappa shape index (κ1) is 19.1. The van der Waals surface area contributed by atoms with E-state index >= 15 is 0 Å². The van der Waals surface area contributed by atoms with Crippen molar-refractivity contribution in [1.82, 2.24) is 0 Å². The van der Waals surface area contributed by atoms with Crippen molar-refractivity contribution in [2.45, 2.75) is 44.6 Å². The molecule has 0 bridgehead atoms. The molecule has 0 radical (unpaired) electrons. The molecular weight excluding hydrogens is 262 g/mol. The Kier molecular flexibility index (Phi) is 13.7. The van der Waals surface area contributed by atoms with Crippen LogP contribution >= 0.6 is 24.2 Å². The van der Waals surface area contributed by atoms with Gasteiger partial charge in [-0.25, -0.2) is 0 Å². The van der Waals surface area contributed by atoms with Crippen LogP contribution in [0.3, 0.4) is 0 Å². The van der Waals surface area contributed by atoms with Gasteiger partial charge in [-0.3, -0.25) is 9.59 Å². The third kappa shape index (κ3) is 12.0. The van der Waals surface area contributed by atoms with Crippen LogP contribution in [-0.4, -0.2) is 34.9 Å². The van der Waals surface area contributed by atoms with Crippen molar-refractivity contribution < 1.29 is 14.7 Å². The molecule has 0 aliphatic heterocycles. The molecule has 1 unspecified atom stereocenters. The number of hydrogen-bond acceptors (Lipinski definition) is 4. The van der Waals surface area contributed by atoms with Crippen LogP contribution in [0.5, 0.6) is 0 Å². The van der Waals surface area contributed by atoms with Crippen LogP contribution in [0, 0.1) is 0 Å². The topological polar surface area (TPSA) is 80.4 Å². The number of carbonyl (C=O) groups is 2. The fourth-order valence-corrected chi connectivity index (χ4v) is 1.83. The molecule has 17 heavy (non-hydrogen) atoms. The summed E-state index contributed by atoms with van der Waals surface area (Å²) in [4.78, 5) is 21.7. The number of carbonyl (C=O) groups excluding carboxylic acids is 1. The second kappa shape index (κ2) is 12.2. The Morgan fingerprint density at radius 3 is 2.35 bits per heavy atom. The summed E-state index contributed by atoms with van der Waals surface area (Å²) < 4.78 is 0. The Balaban J connectivity index is 0. The van der Waals surface area contributed by atoms with Gasteiger partial charge in [0.2, 0.25) is 0 Å². The fourth-order valence-electron chi connectivity index (χ4n) is 1.34. The fraction of sp³-hybridized carbons (Fsp3) is 0.818. The quantitative estimate of drug-likeness (QED) is 0.600. The largest absolute Gasteiger partial charge is 0.481 e. The summed E-state index contributed by atoms with van der Waals surface area (Å²) >= 11 is 1.69. The summed E-state index contributed by atoms with van der Waals surface area (Å²) in [5.74, 6) is 0.235. The van der Waals surface area contributed by atoms with Gasteiger partial charge in [-0.05, 0) is 31.3 Å². The van der Waals surface area contributed by atoms with Crippen LogP contribution in [0.1, 0.15) is 38.5 Å². The summed E-state index contributed by atoms with van der Waals surface area (Å²) in [6, 6.07) is -0.341. The molecular formula is C11H22ClNO3S. The van der Waals surface area contributed by atoms with Gasteiger partial charge in [-0.15, -0.1) is 12.4 Å². The number of halogens is 1. The molecule has 0 aromatic carbocycles. The van der Waals surface area contributed by atoms with E-state index in [1.165, 1.54) is 0 Å². The van der Waals surface area contributed by atoms with E-state index in [2.05, 4.69) is 0 Å². The van der Waals surface area contributed by atoms with Gasteiger partial charge in [0.05, 0.1) is 6.04 Å². The lowest BCUT2D eigenvalue weighted by atomic mass is 10.0. The van der Waals surface area contributed by atoms with Crippen molar-refractivity contribution in [3.63, 3.8) is 0 Å². The summed E-state index contributed by atoms with van der Waals surface area (Å²) in [5.41, 5.74) is 5.71. The van der Waals surface area contributed by atoms with Crippen LogP contribution < -0.4 is 5.73 Å². The van der Waals surface area contributed by atoms with Gasteiger partial charge in [0, 0.05) is 12.8 Å². The molecule has 0 rings (SSSR count). The van der Waals surface area contributed by atoms with E-state index in [0.717, 1.165) is 25.0 Å². The Morgan fingerprint density at radius 1 is 1.24 bits per heavy atom. The van der Waals surface area contributed by atoms with Crippen molar-refractivity contribution in [3.8, 4) is 0 Å². The minimum atomic E-state index is -0.775. The van der Waals surface area contributed by atoms with Crippen molar-refractivity contribution >= 4 is 35.9 Å². The number of hydrogen-bond donors (Lipinski definition) is 2. The van der Waals surface area contributed by atoms with Crippen LogP contribution in [0.15, 0.2) is 0 Å². The number of ketones is 1. The van der Waals surface area contributed by atoms with Gasteiger partial charge in [-0.1, -0.05) is 6.42 Å². The maximum absolute atomic E-state index is 11.5. The molecule has 0 saturated carbocycles. The first-order valence-corrected chi connectivity index (χ1v) is 6.96. The van der Waals surface area contributed by atoms with Gasteiger partial charge in [0.1, 0.15) is 5.78 Å². The highest BCUT2D eigenvalue weighted by molar-refractivity contribution is 7.98. The molecule has 6 heteroatoms. The predicted octanol–water partition coefficient (Wildman–Crippen LogP) is 2.09. The van der Waals surface area contributed by atoms with E-state index < -0.39 is 5.97 Å². The zero-order chi connectivity index (χ0) is 12.4. The van der Waals surface area contributed by atoms with E-state index in [9.17, 15) is 9.59 Å².